The second-order valence-electron chi connectivity index (χ2n) is 5.63. The highest BCUT2D eigenvalue weighted by atomic mass is 32.2. The average molecular weight is 273 g/mol. The summed E-state index contributed by atoms with van der Waals surface area (Å²) in [6.07, 6.45) is 6.11. The molecule has 0 bridgehead atoms. The Bertz CT molecular complexity index is 387. The van der Waals surface area contributed by atoms with Gasteiger partial charge in [-0.1, -0.05) is 25.5 Å². The summed E-state index contributed by atoms with van der Waals surface area (Å²) in [5, 5.41) is 0. The standard InChI is InChI=1S/C14H27NO2S/c1-5-15(9-10-18(4,16)17)11-14-12(2)7-6-8-13(14)3/h7,13-14H,5-6,8-11H2,1-4H3. The van der Waals surface area contributed by atoms with Crippen molar-refractivity contribution in [1.29, 1.82) is 0 Å². The van der Waals surface area contributed by atoms with Crippen LogP contribution in [0, 0.1) is 11.8 Å². The van der Waals surface area contributed by atoms with Crippen molar-refractivity contribution in [2.45, 2.75) is 33.6 Å². The minimum atomic E-state index is -2.85. The SMILES string of the molecule is CCN(CCS(C)(=O)=O)CC1C(C)=CCCC1C. The predicted octanol–water partition coefficient (Wildman–Crippen LogP) is 2.35. The molecule has 0 aliphatic heterocycles. The van der Waals surface area contributed by atoms with Gasteiger partial charge in [0.2, 0.25) is 0 Å². The van der Waals surface area contributed by atoms with E-state index in [9.17, 15) is 8.42 Å². The first kappa shape index (κ1) is 15.7. The van der Waals surface area contributed by atoms with Crippen LogP contribution < -0.4 is 0 Å². The van der Waals surface area contributed by atoms with Crippen LogP contribution in [0.4, 0.5) is 0 Å². The zero-order valence-electron chi connectivity index (χ0n) is 12.1. The summed E-state index contributed by atoms with van der Waals surface area (Å²) in [4.78, 5) is 2.27. The van der Waals surface area contributed by atoms with Crippen LogP contribution in [0.15, 0.2) is 11.6 Å². The Labute approximate surface area is 112 Å². The molecule has 0 aromatic carbocycles. The van der Waals surface area contributed by atoms with Gasteiger partial charge in [-0.3, -0.25) is 0 Å². The van der Waals surface area contributed by atoms with E-state index in [2.05, 4.69) is 31.7 Å². The summed E-state index contributed by atoms with van der Waals surface area (Å²) in [5.74, 6) is 1.57. The lowest BCUT2D eigenvalue weighted by Gasteiger charge is -2.33. The first-order valence-corrected chi connectivity index (χ1v) is 8.96. The lowest BCUT2D eigenvalue weighted by Crippen LogP contribution is -2.36. The maximum atomic E-state index is 11.2. The number of nitrogens with zero attached hydrogens (tertiary/aromatic N) is 1. The van der Waals surface area contributed by atoms with E-state index in [1.165, 1.54) is 24.7 Å². The van der Waals surface area contributed by atoms with Crippen molar-refractivity contribution in [3.63, 3.8) is 0 Å². The molecule has 0 saturated carbocycles. The molecule has 0 amide bonds. The molecule has 2 atom stereocenters. The minimum Gasteiger partial charge on any atom is -0.302 e. The molecular weight excluding hydrogens is 246 g/mol. The van der Waals surface area contributed by atoms with Crippen LogP contribution in [-0.4, -0.2) is 45.0 Å². The molecule has 18 heavy (non-hydrogen) atoms. The second kappa shape index (κ2) is 6.71. The molecule has 0 heterocycles. The quantitative estimate of drug-likeness (QED) is 0.697. The van der Waals surface area contributed by atoms with Gasteiger partial charge in [0.05, 0.1) is 5.75 Å². The maximum absolute atomic E-state index is 11.2. The van der Waals surface area contributed by atoms with Gasteiger partial charge in [-0.15, -0.1) is 0 Å². The first-order valence-electron chi connectivity index (χ1n) is 6.90. The van der Waals surface area contributed by atoms with Gasteiger partial charge >= 0.3 is 0 Å². The van der Waals surface area contributed by atoms with Crippen LogP contribution in [-0.2, 0) is 9.84 Å². The second-order valence-corrected chi connectivity index (χ2v) is 7.89. The maximum Gasteiger partial charge on any atom is 0.148 e. The molecule has 0 N–H and O–H groups in total. The fraction of sp³-hybridized carbons (Fsp3) is 0.857. The molecule has 0 aromatic heterocycles. The van der Waals surface area contributed by atoms with Gasteiger partial charge in [0.25, 0.3) is 0 Å². The van der Waals surface area contributed by atoms with E-state index in [0.29, 0.717) is 18.4 Å². The smallest absolute Gasteiger partial charge is 0.148 e. The Morgan fingerprint density at radius 1 is 1.44 bits per heavy atom. The summed E-state index contributed by atoms with van der Waals surface area (Å²) in [6.45, 7) is 9.21. The van der Waals surface area contributed by atoms with E-state index in [1.54, 1.807) is 0 Å². The third-order valence-corrected chi connectivity index (χ3v) is 4.96. The highest BCUT2D eigenvalue weighted by Crippen LogP contribution is 2.30. The molecular formula is C14H27NO2S. The Kier molecular flexibility index (Phi) is 5.86. The van der Waals surface area contributed by atoms with E-state index in [1.807, 2.05) is 0 Å². The molecule has 4 heteroatoms. The predicted molar refractivity (Wildman–Crippen MR) is 77.5 cm³/mol. The highest BCUT2D eigenvalue weighted by molar-refractivity contribution is 7.90. The molecule has 1 aliphatic rings. The lowest BCUT2D eigenvalue weighted by molar-refractivity contribution is 0.222. The molecule has 3 nitrogen and oxygen atoms in total. The van der Waals surface area contributed by atoms with Crippen LogP contribution >= 0.6 is 0 Å². The largest absolute Gasteiger partial charge is 0.302 e. The van der Waals surface area contributed by atoms with Crippen LogP contribution in [0.25, 0.3) is 0 Å². The highest BCUT2D eigenvalue weighted by Gasteiger charge is 2.24. The average Bonchev–Trinajstić information content (AvgIpc) is 2.26. The third-order valence-electron chi connectivity index (χ3n) is 4.04. The van der Waals surface area contributed by atoms with Gasteiger partial charge in [0.1, 0.15) is 9.84 Å². The molecule has 2 unspecified atom stereocenters. The fourth-order valence-electron chi connectivity index (χ4n) is 2.65. The minimum absolute atomic E-state index is 0.269. The summed E-state index contributed by atoms with van der Waals surface area (Å²) in [6, 6.07) is 0. The molecule has 0 saturated heterocycles. The van der Waals surface area contributed by atoms with Gasteiger partial charge in [-0.25, -0.2) is 8.42 Å². The van der Waals surface area contributed by atoms with Gasteiger partial charge in [0, 0.05) is 19.3 Å². The molecule has 0 fully saturated rings. The van der Waals surface area contributed by atoms with Crippen molar-refractivity contribution in [2.24, 2.45) is 11.8 Å². The summed E-state index contributed by atoms with van der Waals surface area (Å²) < 4.78 is 22.5. The van der Waals surface area contributed by atoms with Crippen LogP contribution in [0.3, 0.4) is 0 Å². The Morgan fingerprint density at radius 2 is 2.11 bits per heavy atom. The van der Waals surface area contributed by atoms with Crippen molar-refractivity contribution < 1.29 is 8.42 Å². The fourth-order valence-corrected chi connectivity index (χ4v) is 3.24. The number of hydrogen-bond donors (Lipinski definition) is 0. The van der Waals surface area contributed by atoms with Crippen molar-refractivity contribution >= 4 is 9.84 Å². The van der Waals surface area contributed by atoms with E-state index in [0.717, 1.165) is 13.1 Å². The number of sulfone groups is 1. The van der Waals surface area contributed by atoms with Gasteiger partial charge < -0.3 is 4.90 Å². The molecule has 1 rings (SSSR count). The normalized spacial score (nSPS) is 25.3. The van der Waals surface area contributed by atoms with Crippen molar-refractivity contribution in [2.75, 3.05) is 31.6 Å². The van der Waals surface area contributed by atoms with Crippen LogP contribution in [0.5, 0.6) is 0 Å². The van der Waals surface area contributed by atoms with Crippen LogP contribution in [0.2, 0.25) is 0 Å². The molecule has 0 spiro atoms. The van der Waals surface area contributed by atoms with Crippen molar-refractivity contribution in [3.05, 3.63) is 11.6 Å². The topological polar surface area (TPSA) is 37.4 Å². The number of hydrogen-bond acceptors (Lipinski definition) is 3. The van der Waals surface area contributed by atoms with E-state index < -0.39 is 9.84 Å². The molecule has 1 aliphatic carbocycles. The van der Waals surface area contributed by atoms with Crippen molar-refractivity contribution in [1.82, 2.24) is 4.90 Å². The zero-order valence-corrected chi connectivity index (χ0v) is 13.0. The Morgan fingerprint density at radius 3 is 2.61 bits per heavy atom. The zero-order chi connectivity index (χ0) is 13.8. The van der Waals surface area contributed by atoms with Crippen molar-refractivity contribution in [3.8, 4) is 0 Å². The monoisotopic (exact) mass is 273 g/mol. The van der Waals surface area contributed by atoms with E-state index in [4.69, 9.17) is 0 Å². The summed E-state index contributed by atoms with van der Waals surface area (Å²) >= 11 is 0. The Hall–Kier alpha value is -0.350. The van der Waals surface area contributed by atoms with E-state index in [-0.39, 0.29) is 5.75 Å². The number of rotatable bonds is 6. The molecule has 0 radical (unpaired) electrons. The third kappa shape index (κ3) is 5.11. The van der Waals surface area contributed by atoms with Crippen LogP contribution in [0.1, 0.15) is 33.6 Å². The lowest BCUT2D eigenvalue weighted by atomic mass is 9.80. The molecule has 106 valence electrons. The van der Waals surface area contributed by atoms with E-state index >= 15 is 0 Å². The van der Waals surface area contributed by atoms with Gasteiger partial charge in [0.15, 0.2) is 0 Å². The summed E-state index contributed by atoms with van der Waals surface area (Å²) in [7, 11) is -2.85. The Balaban J connectivity index is 2.56. The molecule has 0 aromatic rings. The van der Waals surface area contributed by atoms with Gasteiger partial charge in [-0.05, 0) is 38.1 Å². The first-order chi connectivity index (χ1) is 8.33. The number of allylic oxidation sites excluding steroid dienone is 1. The summed E-state index contributed by atoms with van der Waals surface area (Å²) in [5.41, 5.74) is 1.48. The van der Waals surface area contributed by atoms with Gasteiger partial charge in [-0.2, -0.15) is 0 Å².